The van der Waals surface area contributed by atoms with E-state index < -0.39 is 11.2 Å². The van der Waals surface area contributed by atoms with Crippen molar-refractivity contribution in [2.45, 2.75) is 0 Å². The van der Waals surface area contributed by atoms with Gasteiger partial charge >= 0.3 is 6.16 Å². The van der Waals surface area contributed by atoms with Crippen molar-refractivity contribution < 1.29 is 24.6 Å². The van der Waals surface area contributed by atoms with E-state index in [0.29, 0.717) is 0 Å². The number of rotatable bonds is 0. The molecule has 7 heteroatoms. The van der Waals surface area contributed by atoms with E-state index >= 15 is 0 Å². The quantitative estimate of drug-likeness (QED) is 0.300. The van der Waals surface area contributed by atoms with E-state index in [1.54, 1.807) is 0 Å². The van der Waals surface area contributed by atoms with E-state index in [4.69, 9.17) is 15.3 Å². The van der Waals surface area contributed by atoms with Gasteiger partial charge in [0.1, 0.15) is 0 Å². The summed E-state index contributed by atoms with van der Waals surface area (Å²) in [5.74, 6) is 0. The van der Waals surface area contributed by atoms with Crippen LogP contribution in [0.4, 0.5) is 4.79 Å². The van der Waals surface area contributed by atoms with E-state index in [1.807, 2.05) is 0 Å². The molecule has 0 spiro atoms. The molecule has 0 aromatic rings. The molecule has 0 atom stereocenters. The minimum atomic E-state index is -1.50. The van der Waals surface area contributed by atoms with Crippen molar-refractivity contribution in [3.05, 3.63) is 10.1 Å². The molecule has 0 aliphatic heterocycles. The van der Waals surface area contributed by atoms with Crippen LogP contribution >= 0.6 is 0 Å². The Morgan fingerprint density at radius 1 is 1.50 bits per heavy atom. The fourth-order valence-corrected chi connectivity index (χ4v) is 0.0833. The predicted molar refractivity (Wildman–Crippen MR) is 28.2 cm³/mol. The van der Waals surface area contributed by atoms with Crippen LogP contribution in [0.5, 0.6) is 0 Å². The zero-order chi connectivity index (χ0) is 8.57. The van der Waals surface area contributed by atoms with Gasteiger partial charge in [-0.15, -0.1) is 10.1 Å². The van der Waals surface area contributed by atoms with Crippen molar-refractivity contribution in [3.8, 4) is 0 Å². The van der Waals surface area contributed by atoms with Crippen LogP contribution in [0.3, 0.4) is 0 Å². The Balaban J connectivity index is 0. The summed E-state index contributed by atoms with van der Waals surface area (Å²) in [6, 6.07) is 0. The zero-order valence-electron chi connectivity index (χ0n) is 5.44. The van der Waals surface area contributed by atoms with Crippen LogP contribution in [0.1, 0.15) is 0 Å². The monoisotopic (exact) mass is 153 g/mol. The van der Waals surface area contributed by atoms with Crippen LogP contribution in [0, 0.1) is 10.1 Å². The SMILES string of the molecule is COC(=O)OC.O=[N+]([O-])O. The highest BCUT2D eigenvalue weighted by atomic mass is 16.9. The van der Waals surface area contributed by atoms with Crippen LogP contribution in [0.25, 0.3) is 0 Å². The molecule has 0 aliphatic rings. The minimum Gasteiger partial charge on any atom is -0.438 e. The van der Waals surface area contributed by atoms with E-state index in [2.05, 4.69) is 9.47 Å². The lowest BCUT2D eigenvalue weighted by atomic mass is 11.3. The first-order chi connectivity index (χ1) is 4.54. The molecule has 10 heavy (non-hydrogen) atoms. The van der Waals surface area contributed by atoms with Crippen molar-refractivity contribution in [3.63, 3.8) is 0 Å². The topological polar surface area (TPSA) is 98.9 Å². The first-order valence-corrected chi connectivity index (χ1v) is 1.99. The maximum absolute atomic E-state index is 9.74. The van der Waals surface area contributed by atoms with Gasteiger partial charge < -0.3 is 14.7 Å². The molecule has 0 saturated carbocycles. The molecule has 1 N–H and O–H groups in total. The number of nitrogens with zero attached hydrogens (tertiary/aromatic N) is 1. The second-order valence-electron chi connectivity index (χ2n) is 0.896. The number of ether oxygens (including phenoxy) is 2. The number of hydrogen-bond donors (Lipinski definition) is 1. The van der Waals surface area contributed by atoms with Gasteiger partial charge in [-0.2, -0.15) is 0 Å². The maximum atomic E-state index is 9.74. The fraction of sp³-hybridized carbons (Fsp3) is 0.667. The largest absolute Gasteiger partial charge is 0.507 e. The molecule has 0 aromatic carbocycles. The third-order valence-electron chi connectivity index (χ3n) is 0.333. The average Bonchev–Trinajstić information content (AvgIpc) is 1.85. The van der Waals surface area contributed by atoms with Gasteiger partial charge in [-0.05, 0) is 0 Å². The van der Waals surface area contributed by atoms with E-state index in [9.17, 15) is 4.79 Å². The lowest BCUT2D eigenvalue weighted by Crippen LogP contribution is -1.97. The van der Waals surface area contributed by atoms with E-state index in [-0.39, 0.29) is 0 Å². The summed E-state index contributed by atoms with van der Waals surface area (Å²) in [5.41, 5.74) is 0. The first kappa shape index (κ1) is 11.3. The maximum Gasteiger partial charge on any atom is 0.507 e. The Morgan fingerprint density at radius 2 is 1.70 bits per heavy atom. The second-order valence-corrected chi connectivity index (χ2v) is 0.896. The minimum absolute atomic E-state index is 0.657. The van der Waals surface area contributed by atoms with Crippen molar-refractivity contribution in [1.29, 1.82) is 0 Å². The van der Waals surface area contributed by atoms with Gasteiger partial charge in [0.15, 0.2) is 0 Å². The van der Waals surface area contributed by atoms with Crippen molar-refractivity contribution in [2.75, 3.05) is 14.2 Å². The van der Waals surface area contributed by atoms with Gasteiger partial charge in [0, 0.05) is 0 Å². The van der Waals surface area contributed by atoms with Crippen molar-refractivity contribution in [1.82, 2.24) is 0 Å². The lowest BCUT2D eigenvalue weighted by molar-refractivity contribution is -0.742. The van der Waals surface area contributed by atoms with Gasteiger partial charge in [-0.25, -0.2) is 4.79 Å². The first-order valence-electron chi connectivity index (χ1n) is 1.99. The number of hydrogen-bond acceptors (Lipinski definition) is 5. The molecule has 0 heterocycles. The molecule has 0 saturated heterocycles. The van der Waals surface area contributed by atoms with Crippen LogP contribution in [0.15, 0.2) is 0 Å². The Bertz CT molecular complexity index is 102. The molecule has 0 fully saturated rings. The van der Waals surface area contributed by atoms with Crippen LogP contribution in [-0.2, 0) is 9.47 Å². The third kappa shape index (κ3) is 31.7. The van der Waals surface area contributed by atoms with Crippen LogP contribution < -0.4 is 0 Å². The van der Waals surface area contributed by atoms with E-state index in [1.165, 1.54) is 14.2 Å². The third-order valence-corrected chi connectivity index (χ3v) is 0.333. The Kier molecular flexibility index (Phi) is 8.43. The van der Waals surface area contributed by atoms with Gasteiger partial charge in [-0.3, -0.25) is 0 Å². The zero-order valence-corrected chi connectivity index (χ0v) is 5.44. The number of carbonyl (C=O) groups excluding carboxylic acids is 1. The summed E-state index contributed by atoms with van der Waals surface area (Å²) < 4.78 is 8.08. The normalized spacial score (nSPS) is 6.60. The molecule has 0 aromatic heterocycles. The summed E-state index contributed by atoms with van der Waals surface area (Å²) in [5, 5.41) is 13.6. The van der Waals surface area contributed by atoms with Crippen molar-refractivity contribution in [2.24, 2.45) is 0 Å². The molecular formula is C3H7NO6. The highest BCUT2D eigenvalue weighted by molar-refractivity contribution is 5.59. The Labute approximate surface area is 56.3 Å². The molecule has 0 bridgehead atoms. The molecule has 7 nitrogen and oxygen atoms in total. The van der Waals surface area contributed by atoms with Gasteiger partial charge in [-0.1, -0.05) is 0 Å². The Hall–Kier alpha value is -1.53. The second kappa shape index (κ2) is 7.47. The predicted octanol–water partition coefficient (Wildman–Crippen LogP) is 0.0515. The summed E-state index contributed by atoms with van der Waals surface area (Å²) in [6.45, 7) is 0. The molecule has 0 amide bonds. The molecule has 0 unspecified atom stereocenters. The summed E-state index contributed by atoms with van der Waals surface area (Å²) >= 11 is 0. The molecule has 0 radical (unpaired) electrons. The summed E-state index contributed by atoms with van der Waals surface area (Å²) in [6.07, 6.45) is -0.657. The molecule has 0 aliphatic carbocycles. The van der Waals surface area contributed by atoms with Gasteiger partial charge in [0.05, 0.1) is 14.2 Å². The fourth-order valence-electron chi connectivity index (χ4n) is 0.0833. The molecule has 0 rings (SSSR count). The summed E-state index contributed by atoms with van der Waals surface area (Å²) in [7, 11) is 2.51. The lowest BCUT2D eigenvalue weighted by Gasteiger charge is -1.89. The van der Waals surface area contributed by atoms with Gasteiger partial charge in [0.2, 0.25) is 0 Å². The Morgan fingerprint density at radius 3 is 1.70 bits per heavy atom. The standard InChI is InChI=1S/C3H6O3.HNO3/c1-5-3(4)6-2;2-1(3)4/h1-2H3;(H,2,3,4). The van der Waals surface area contributed by atoms with Gasteiger partial charge in [0.25, 0.3) is 5.09 Å². The number of carbonyl (C=O) groups is 1. The van der Waals surface area contributed by atoms with Crippen LogP contribution in [0.2, 0.25) is 0 Å². The molecule has 60 valence electrons. The highest BCUT2D eigenvalue weighted by Crippen LogP contribution is 1.72. The number of methoxy groups -OCH3 is 2. The smallest absolute Gasteiger partial charge is 0.438 e. The molecular weight excluding hydrogens is 146 g/mol. The van der Waals surface area contributed by atoms with Crippen LogP contribution in [-0.4, -0.2) is 30.7 Å². The van der Waals surface area contributed by atoms with E-state index in [0.717, 1.165) is 0 Å². The highest BCUT2D eigenvalue weighted by Gasteiger charge is 1.88. The summed E-state index contributed by atoms with van der Waals surface area (Å²) in [4.78, 5) is 18.1. The average molecular weight is 153 g/mol. The van der Waals surface area contributed by atoms with Crippen molar-refractivity contribution >= 4 is 6.16 Å².